The van der Waals surface area contributed by atoms with Crippen molar-refractivity contribution in [3.63, 3.8) is 0 Å². The van der Waals surface area contributed by atoms with Gasteiger partial charge in [-0.25, -0.2) is 4.98 Å². The molecule has 2 rings (SSSR count). The van der Waals surface area contributed by atoms with Crippen LogP contribution in [0, 0.1) is 6.92 Å². The summed E-state index contributed by atoms with van der Waals surface area (Å²) in [4.78, 5) is 4.40. The Morgan fingerprint density at radius 2 is 2.20 bits per heavy atom. The van der Waals surface area contributed by atoms with Crippen LogP contribution in [0.15, 0.2) is 6.20 Å². The van der Waals surface area contributed by atoms with Crippen LogP contribution in [-0.4, -0.2) is 21.9 Å². The molecular weight excluding hydrogens is 190 g/mol. The topological polar surface area (TPSA) is 39.9 Å². The van der Waals surface area contributed by atoms with Crippen LogP contribution in [0.4, 0.5) is 0 Å². The van der Waals surface area contributed by atoms with E-state index in [2.05, 4.69) is 17.0 Å². The number of hydrogen-bond donors (Lipinski definition) is 0. The number of ether oxygens (including phenoxy) is 1. The van der Waals surface area contributed by atoms with Crippen molar-refractivity contribution >= 4 is 11.0 Å². The van der Waals surface area contributed by atoms with Gasteiger partial charge in [0.15, 0.2) is 5.65 Å². The lowest BCUT2D eigenvalue weighted by atomic mass is 10.1. The van der Waals surface area contributed by atoms with Crippen molar-refractivity contribution in [2.24, 2.45) is 7.05 Å². The van der Waals surface area contributed by atoms with E-state index in [1.165, 1.54) is 0 Å². The van der Waals surface area contributed by atoms with E-state index in [0.29, 0.717) is 0 Å². The maximum atomic E-state index is 5.45. The molecule has 0 atom stereocenters. The summed E-state index contributed by atoms with van der Waals surface area (Å²) in [5.41, 5.74) is 2.97. The number of hydrogen-bond acceptors (Lipinski definition) is 3. The van der Waals surface area contributed by atoms with E-state index >= 15 is 0 Å². The first-order valence-corrected chi connectivity index (χ1v) is 5.04. The van der Waals surface area contributed by atoms with Crippen LogP contribution < -0.4 is 4.74 Å². The summed E-state index contributed by atoms with van der Waals surface area (Å²) in [5, 5.41) is 5.38. The van der Waals surface area contributed by atoms with Crippen LogP contribution in [0.1, 0.15) is 18.2 Å². The number of rotatable bonds is 2. The molecule has 2 aromatic heterocycles. The van der Waals surface area contributed by atoms with E-state index in [1.54, 1.807) is 11.8 Å². The highest BCUT2D eigenvalue weighted by Gasteiger charge is 2.14. The normalized spacial score (nSPS) is 10.9. The highest BCUT2D eigenvalue weighted by molar-refractivity contribution is 5.86. The van der Waals surface area contributed by atoms with Crippen LogP contribution >= 0.6 is 0 Å². The third-order valence-corrected chi connectivity index (χ3v) is 2.64. The van der Waals surface area contributed by atoms with E-state index in [-0.39, 0.29) is 0 Å². The average Bonchev–Trinajstić information content (AvgIpc) is 2.53. The fraction of sp³-hybridized carbons (Fsp3) is 0.455. The minimum Gasteiger partial charge on any atom is -0.496 e. The molecule has 4 nitrogen and oxygen atoms in total. The first kappa shape index (κ1) is 9.96. The minimum absolute atomic E-state index is 0.876. The molecule has 0 spiro atoms. The van der Waals surface area contributed by atoms with Gasteiger partial charge >= 0.3 is 0 Å². The number of fused-ring (bicyclic) bond motifs is 1. The van der Waals surface area contributed by atoms with E-state index in [9.17, 15) is 0 Å². The molecule has 0 radical (unpaired) electrons. The van der Waals surface area contributed by atoms with Crippen LogP contribution in [0.2, 0.25) is 0 Å². The van der Waals surface area contributed by atoms with Gasteiger partial charge in [0.05, 0.1) is 18.2 Å². The quantitative estimate of drug-likeness (QED) is 0.751. The van der Waals surface area contributed by atoms with Gasteiger partial charge in [-0.2, -0.15) is 5.10 Å². The number of aromatic nitrogens is 3. The summed E-state index contributed by atoms with van der Waals surface area (Å²) >= 11 is 0. The van der Waals surface area contributed by atoms with Gasteiger partial charge < -0.3 is 4.74 Å². The van der Waals surface area contributed by atoms with E-state index < -0.39 is 0 Å². The predicted octanol–water partition coefficient (Wildman–Crippen LogP) is 1.85. The molecule has 0 amide bonds. The first-order chi connectivity index (χ1) is 7.19. The molecule has 2 heterocycles. The molecule has 2 aromatic rings. The van der Waals surface area contributed by atoms with Crippen molar-refractivity contribution < 1.29 is 4.74 Å². The molecule has 0 aliphatic carbocycles. The van der Waals surface area contributed by atoms with Crippen LogP contribution in [-0.2, 0) is 13.5 Å². The smallest absolute Gasteiger partial charge is 0.161 e. The summed E-state index contributed by atoms with van der Waals surface area (Å²) in [6, 6.07) is 0. The van der Waals surface area contributed by atoms with Gasteiger partial charge in [0.2, 0.25) is 0 Å². The molecule has 0 unspecified atom stereocenters. The summed E-state index contributed by atoms with van der Waals surface area (Å²) < 4.78 is 7.23. The molecule has 0 N–H and O–H groups in total. The second kappa shape index (κ2) is 3.53. The van der Waals surface area contributed by atoms with Gasteiger partial charge in [0, 0.05) is 18.8 Å². The molecule has 0 saturated heterocycles. The van der Waals surface area contributed by atoms with E-state index in [4.69, 9.17) is 4.74 Å². The van der Waals surface area contributed by atoms with Crippen molar-refractivity contribution in [3.05, 3.63) is 17.5 Å². The van der Waals surface area contributed by atoms with Gasteiger partial charge in [-0.05, 0) is 13.3 Å². The molecule has 15 heavy (non-hydrogen) atoms. The Morgan fingerprint density at radius 1 is 1.47 bits per heavy atom. The van der Waals surface area contributed by atoms with Crippen LogP contribution in [0.5, 0.6) is 5.75 Å². The first-order valence-electron chi connectivity index (χ1n) is 5.04. The SMILES string of the molecule is CCc1cnc2c(c(C)nn2C)c1OC. The molecule has 0 aromatic carbocycles. The Bertz CT molecular complexity index is 502. The van der Waals surface area contributed by atoms with Gasteiger partial charge in [-0.1, -0.05) is 6.92 Å². The van der Waals surface area contributed by atoms with Crippen molar-refractivity contribution in [1.82, 2.24) is 14.8 Å². The third kappa shape index (κ3) is 1.37. The largest absolute Gasteiger partial charge is 0.496 e. The zero-order chi connectivity index (χ0) is 11.0. The highest BCUT2D eigenvalue weighted by atomic mass is 16.5. The molecule has 0 aliphatic heterocycles. The summed E-state index contributed by atoms with van der Waals surface area (Å²) in [6.07, 6.45) is 2.78. The van der Waals surface area contributed by atoms with Crippen LogP contribution in [0.25, 0.3) is 11.0 Å². The molecule has 0 bridgehead atoms. The average molecular weight is 205 g/mol. The summed E-state index contributed by atoms with van der Waals surface area (Å²) in [6.45, 7) is 4.07. The lowest BCUT2D eigenvalue weighted by Gasteiger charge is -2.07. The lowest BCUT2D eigenvalue weighted by molar-refractivity contribution is 0.414. The lowest BCUT2D eigenvalue weighted by Crippen LogP contribution is -1.96. The molecule has 0 saturated carbocycles. The van der Waals surface area contributed by atoms with Crippen molar-refractivity contribution in [2.75, 3.05) is 7.11 Å². The molecule has 80 valence electrons. The Labute approximate surface area is 88.9 Å². The number of nitrogens with zero attached hydrogens (tertiary/aromatic N) is 3. The van der Waals surface area contributed by atoms with Crippen LogP contribution in [0.3, 0.4) is 0 Å². The predicted molar refractivity (Wildman–Crippen MR) is 59.2 cm³/mol. The van der Waals surface area contributed by atoms with Gasteiger partial charge in [-0.3, -0.25) is 4.68 Å². The molecule has 0 fully saturated rings. The van der Waals surface area contributed by atoms with Crippen molar-refractivity contribution in [3.8, 4) is 5.75 Å². The standard InChI is InChI=1S/C11H15N3O/c1-5-8-6-12-11-9(10(8)15-4)7(2)13-14(11)3/h6H,5H2,1-4H3. The Morgan fingerprint density at radius 3 is 2.80 bits per heavy atom. The number of aryl methyl sites for hydroxylation is 3. The monoisotopic (exact) mass is 205 g/mol. The molecule has 4 heteroatoms. The molecular formula is C11H15N3O. The van der Waals surface area contributed by atoms with Crippen molar-refractivity contribution in [1.29, 1.82) is 0 Å². The Hall–Kier alpha value is -1.58. The van der Waals surface area contributed by atoms with Gasteiger partial charge in [-0.15, -0.1) is 0 Å². The highest BCUT2D eigenvalue weighted by Crippen LogP contribution is 2.30. The number of methoxy groups -OCH3 is 1. The maximum absolute atomic E-state index is 5.45. The maximum Gasteiger partial charge on any atom is 0.161 e. The third-order valence-electron chi connectivity index (χ3n) is 2.64. The van der Waals surface area contributed by atoms with E-state index in [0.717, 1.165) is 34.5 Å². The minimum atomic E-state index is 0.876. The zero-order valence-corrected chi connectivity index (χ0v) is 9.53. The Kier molecular flexibility index (Phi) is 2.34. The fourth-order valence-corrected chi connectivity index (χ4v) is 1.90. The van der Waals surface area contributed by atoms with Crippen molar-refractivity contribution in [2.45, 2.75) is 20.3 Å². The summed E-state index contributed by atoms with van der Waals surface area (Å²) in [5.74, 6) is 0.910. The summed E-state index contributed by atoms with van der Waals surface area (Å²) in [7, 11) is 3.59. The number of pyridine rings is 1. The van der Waals surface area contributed by atoms with Gasteiger partial charge in [0.25, 0.3) is 0 Å². The Balaban J connectivity index is 2.86. The fourth-order valence-electron chi connectivity index (χ4n) is 1.90. The molecule has 0 aliphatic rings. The second-order valence-electron chi connectivity index (χ2n) is 3.58. The second-order valence-corrected chi connectivity index (χ2v) is 3.58. The van der Waals surface area contributed by atoms with Gasteiger partial charge in [0.1, 0.15) is 5.75 Å². The van der Waals surface area contributed by atoms with E-state index in [1.807, 2.05) is 20.2 Å². The zero-order valence-electron chi connectivity index (χ0n) is 9.53.